The fourth-order valence-electron chi connectivity index (χ4n) is 2.52. The lowest BCUT2D eigenvalue weighted by Gasteiger charge is -2.32. The molecule has 1 N–H and O–H groups in total. The summed E-state index contributed by atoms with van der Waals surface area (Å²) >= 11 is 0. The Balaban J connectivity index is 2.38. The topological polar surface area (TPSA) is 37.3 Å². The zero-order valence-electron chi connectivity index (χ0n) is 11.7. The number of ketones is 1. The summed E-state index contributed by atoms with van der Waals surface area (Å²) in [5, 5.41) is 10.3. The first-order chi connectivity index (χ1) is 9.72. The molecule has 2 rings (SSSR count). The van der Waals surface area contributed by atoms with Crippen LogP contribution in [0.15, 0.2) is 35.9 Å². The lowest BCUT2D eigenvalue weighted by Crippen LogP contribution is -2.42. The number of aryl methyl sites for hydroxylation is 1. The van der Waals surface area contributed by atoms with Gasteiger partial charge in [0.05, 0.1) is 0 Å². The molecule has 5 heteroatoms. The van der Waals surface area contributed by atoms with Gasteiger partial charge in [0.15, 0.2) is 11.4 Å². The average molecular weight is 298 g/mol. The van der Waals surface area contributed by atoms with Crippen LogP contribution in [-0.2, 0) is 10.4 Å². The van der Waals surface area contributed by atoms with Gasteiger partial charge in [0.25, 0.3) is 0 Å². The van der Waals surface area contributed by atoms with Gasteiger partial charge in [0.2, 0.25) is 0 Å². The molecule has 21 heavy (non-hydrogen) atoms. The molecule has 0 amide bonds. The molecule has 1 aliphatic rings. The molecule has 0 saturated heterocycles. The van der Waals surface area contributed by atoms with Crippen molar-refractivity contribution in [1.29, 1.82) is 0 Å². The van der Waals surface area contributed by atoms with Crippen LogP contribution in [0.4, 0.5) is 13.2 Å². The van der Waals surface area contributed by atoms with Gasteiger partial charge in [-0.2, -0.15) is 13.2 Å². The lowest BCUT2D eigenvalue weighted by atomic mass is 9.82. The molecule has 0 radical (unpaired) electrons. The van der Waals surface area contributed by atoms with Crippen molar-refractivity contribution in [3.8, 4) is 0 Å². The van der Waals surface area contributed by atoms with Gasteiger partial charge in [-0.1, -0.05) is 35.4 Å². The summed E-state index contributed by atoms with van der Waals surface area (Å²) in [5.74, 6) is -0.176. The highest BCUT2D eigenvalue weighted by Gasteiger charge is 2.55. The summed E-state index contributed by atoms with van der Waals surface area (Å²) < 4.78 is 40.1. The molecule has 0 saturated carbocycles. The summed E-state index contributed by atoms with van der Waals surface area (Å²) in [4.78, 5) is 11.4. The summed E-state index contributed by atoms with van der Waals surface area (Å²) in [6, 6.07) is 5.64. The molecule has 1 atom stereocenters. The largest absolute Gasteiger partial charge is 0.421 e. The Morgan fingerprint density at radius 2 is 1.76 bits per heavy atom. The molecule has 1 aromatic rings. The number of hydrogen-bond acceptors (Lipinski definition) is 2. The first-order valence-electron chi connectivity index (χ1n) is 6.81. The number of hydrogen-bond donors (Lipinski definition) is 1. The number of aliphatic hydroxyl groups is 1. The van der Waals surface area contributed by atoms with Crippen molar-refractivity contribution in [2.45, 2.75) is 44.4 Å². The highest BCUT2D eigenvalue weighted by atomic mass is 19.4. The van der Waals surface area contributed by atoms with Crippen molar-refractivity contribution in [2.24, 2.45) is 0 Å². The summed E-state index contributed by atoms with van der Waals surface area (Å²) in [6.07, 6.45) is -2.84. The lowest BCUT2D eigenvalue weighted by molar-refractivity contribution is -0.266. The van der Waals surface area contributed by atoms with Gasteiger partial charge in [-0.05, 0) is 31.4 Å². The van der Waals surface area contributed by atoms with Crippen LogP contribution in [0.3, 0.4) is 0 Å². The monoisotopic (exact) mass is 298 g/mol. The van der Waals surface area contributed by atoms with E-state index in [0.717, 1.165) is 5.56 Å². The van der Waals surface area contributed by atoms with Gasteiger partial charge in [-0.15, -0.1) is 0 Å². The van der Waals surface area contributed by atoms with Gasteiger partial charge >= 0.3 is 6.18 Å². The van der Waals surface area contributed by atoms with E-state index in [0.29, 0.717) is 24.8 Å². The molecule has 2 nitrogen and oxygen atoms in total. The minimum Gasteiger partial charge on any atom is -0.376 e. The molecule has 0 fully saturated rings. The first kappa shape index (κ1) is 15.8. The van der Waals surface area contributed by atoms with Crippen molar-refractivity contribution >= 4 is 5.78 Å². The number of allylic oxidation sites excluding steroid dienone is 1. The zero-order chi connectivity index (χ0) is 15.7. The van der Waals surface area contributed by atoms with E-state index < -0.39 is 18.2 Å². The fraction of sp³-hybridized carbons (Fsp3) is 0.438. The maximum atomic E-state index is 13.4. The van der Waals surface area contributed by atoms with Crippen LogP contribution in [0.2, 0.25) is 0 Å². The second-order valence-corrected chi connectivity index (χ2v) is 5.52. The number of alkyl halides is 3. The summed E-state index contributed by atoms with van der Waals surface area (Å²) in [6.45, 7) is 1.76. The van der Waals surface area contributed by atoms with E-state index >= 15 is 0 Å². The summed E-state index contributed by atoms with van der Waals surface area (Å²) in [7, 11) is 0. The molecular weight excluding hydrogens is 281 g/mol. The maximum absolute atomic E-state index is 13.4. The third kappa shape index (κ3) is 3.35. The minimum atomic E-state index is -4.80. The highest BCUT2D eigenvalue weighted by Crippen LogP contribution is 2.44. The van der Waals surface area contributed by atoms with Crippen molar-refractivity contribution in [3.63, 3.8) is 0 Å². The van der Waals surface area contributed by atoms with Crippen molar-refractivity contribution < 1.29 is 23.1 Å². The number of rotatable bonds is 3. The van der Waals surface area contributed by atoms with E-state index in [2.05, 4.69) is 0 Å². The predicted molar refractivity (Wildman–Crippen MR) is 72.7 cm³/mol. The maximum Gasteiger partial charge on any atom is 0.421 e. The third-order valence-corrected chi connectivity index (χ3v) is 3.77. The van der Waals surface area contributed by atoms with E-state index in [1.165, 1.54) is 30.3 Å². The van der Waals surface area contributed by atoms with Crippen LogP contribution in [0.25, 0.3) is 0 Å². The van der Waals surface area contributed by atoms with Gasteiger partial charge < -0.3 is 5.11 Å². The van der Waals surface area contributed by atoms with Crippen molar-refractivity contribution in [2.75, 3.05) is 0 Å². The van der Waals surface area contributed by atoms with Crippen LogP contribution < -0.4 is 0 Å². The molecule has 0 bridgehead atoms. The standard InChI is InChI=1S/C16H17F3O2/c1-11-5-7-13(8-6-11)15(21,16(17,18)19)10-12-3-2-4-14(20)9-12/h5-9,21H,2-4,10H2,1H3. The first-order valence-corrected chi connectivity index (χ1v) is 6.81. The molecule has 0 aromatic heterocycles. The van der Waals surface area contributed by atoms with Crippen LogP contribution in [0, 0.1) is 6.92 Å². The van der Waals surface area contributed by atoms with Gasteiger partial charge in [-0.3, -0.25) is 4.79 Å². The zero-order valence-corrected chi connectivity index (χ0v) is 11.7. The number of halogens is 3. The molecule has 1 aromatic carbocycles. The Kier molecular flexibility index (Phi) is 4.23. The number of carbonyl (C=O) groups excluding carboxylic acids is 1. The third-order valence-electron chi connectivity index (χ3n) is 3.77. The molecule has 0 aliphatic heterocycles. The predicted octanol–water partition coefficient (Wildman–Crippen LogP) is 3.81. The second-order valence-electron chi connectivity index (χ2n) is 5.52. The quantitative estimate of drug-likeness (QED) is 0.921. The molecule has 1 unspecified atom stereocenters. The van der Waals surface area contributed by atoms with Crippen LogP contribution in [-0.4, -0.2) is 17.1 Å². The van der Waals surface area contributed by atoms with Gasteiger partial charge in [0.1, 0.15) is 0 Å². The Labute approximate surface area is 121 Å². The van der Waals surface area contributed by atoms with Crippen molar-refractivity contribution in [3.05, 3.63) is 47.0 Å². The summed E-state index contributed by atoms with van der Waals surface area (Å²) in [5.41, 5.74) is -1.98. The second kappa shape index (κ2) is 5.64. The molecule has 1 aliphatic carbocycles. The molecular formula is C16H17F3O2. The Bertz CT molecular complexity index is 558. The van der Waals surface area contributed by atoms with E-state index in [1.54, 1.807) is 6.92 Å². The highest BCUT2D eigenvalue weighted by molar-refractivity contribution is 5.91. The molecule has 0 spiro atoms. The van der Waals surface area contributed by atoms with E-state index in [4.69, 9.17) is 0 Å². The SMILES string of the molecule is Cc1ccc(C(O)(CC2=CC(=O)CCC2)C(F)(F)F)cc1. The van der Waals surface area contributed by atoms with Gasteiger partial charge in [0, 0.05) is 12.8 Å². The van der Waals surface area contributed by atoms with Crippen molar-refractivity contribution in [1.82, 2.24) is 0 Å². The number of benzene rings is 1. The van der Waals surface area contributed by atoms with Crippen LogP contribution in [0.1, 0.15) is 36.8 Å². The van der Waals surface area contributed by atoms with E-state index in [9.17, 15) is 23.1 Å². The van der Waals surface area contributed by atoms with Crippen LogP contribution in [0.5, 0.6) is 0 Å². The van der Waals surface area contributed by atoms with Gasteiger partial charge in [-0.25, -0.2) is 0 Å². The number of carbonyl (C=O) groups is 1. The normalized spacial score (nSPS) is 19.1. The average Bonchev–Trinajstić information content (AvgIpc) is 2.38. The van der Waals surface area contributed by atoms with E-state index in [1.807, 2.05) is 0 Å². The Morgan fingerprint density at radius 3 is 2.29 bits per heavy atom. The smallest absolute Gasteiger partial charge is 0.376 e. The van der Waals surface area contributed by atoms with Crippen LogP contribution >= 0.6 is 0 Å². The molecule has 0 heterocycles. The Morgan fingerprint density at radius 1 is 1.14 bits per heavy atom. The minimum absolute atomic E-state index is 0.176. The Hall–Kier alpha value is -1.62. The van der Waals surface area contributed by atoms with E-state index in [-0.39, 0.29) is 11.3 Å². The molecule has 114 valence electrons. The fourth-order valence-corrected chi connectivity index (χ4v) is 2.52.